The summed E-state index contributed by atoms with van der Waals surface area (Å²) < 4.78 is 13.0. The normalized spacial score (nSPS) is 19.2. The lowest BCUT2D eigenvalue weighted by molar-refractivity contribution is -0.122. The lowest BCUT2D eigenvalue weighted by Gasteiger charge is -2.23. The van der Waals surface area contributed by atoms with E-state index in [0.29, 0.717) is 19.4 Å². The third-order valence-electron chi connectivity index (χ3n) is 2.73. The van der Waals surface area contributed by atoms with Gasteiger partial charge in [-0.1, -0.05) is 0 Å². The van der Waals surface area contributed by atoms with Crippen LogP contribution in [0, 0.1) is 5.82 Å². The summed E-state index contributed by atoms with van der Waals surface area (Å²) in [6.45, 7) is 0.368. The molecule has 0 radical (unpaired) electrons. The van der Waals surface area contributed by atoms with Crippen molar-refractivity contribution < 1.29 is 14.0 Å². The summed E-state index contributed by atoms with van der Waals surface area (Å²) in [4.78, 5) is 26.4. The summed E-state index contributed by atoms with van der Waals surface area (Å²) >= 11 is 0. The first-order valence-electron chi connectivity index (χ1n) is 5.55. The van der Waals surface area contributed by atoms with E-state index in [1.165, 1.54) is 0 Å². The summed E-state index contributed by atoms with van der Waals surface area (Å²) in [6.07, 6.45) is 1.87. The van der Waals surface area contributed by atoms with E-state index >= 15 is 0 Å². The van der Waals surface area contributed by atoms with Gasteiger partial charge in [-0.25, -0.2) is 9.37 Å². The van der Waals surface area contributed by atoms with Gasteiger partial charge in [-0.15, -0.1) is 0 Å². The molecule has 0 spiro atoms. The molecule has 2 rings (SSSR count). The predicted molar refractivity (Wildman–Crippen MR) is 62.1 cm³/mol. The van der Waals surface area contributed by atoms with Crippen LogP contribution >= 0.6 is 0 Å². The minimum absolute atomic E-state index is 0.00639. The predicted octanol–water partition coefficient (Wildman–Crippen LogP) is -0.189. The SMILES string of the molecule is Nc1ncc(F)cc1C(=O)NC1CCC(=O)NC1. The number of amides is 2. The van der Waals surface area contributed by atoms with E-state index in [4.69, 9.17) is 5.73 Å². The molecular formula is C11H13FN4O2. The van der Waals surface area contributed by atoms with Crippen molar-refractivity contribution in [2.24, 2.45) is 0 Å². The average Bonchev–Trinajstić information content (AvgIpc) is 2.35. The number of piperidine rings is 1. The van der Waals surface area contributed by atoms with E-state index in [-0.39, 0.29) is 23.3 Å². The van der Waals surface area contributed by atoms with Crippen LogP contribution in [0.4, 0.5) is 10.2 Å². The molecule has 2 amide bonds. The van der Waals surface area contributed by atoms with Crippen molar-refractivity contribution in [3.63, 3.8) is 0 Å². The van der Waals surface area contributed by atoms with Crippen LogP contribution in [0.25, 0.3) is 0 Å². The van der Waals surface area contributed by atoms with Crippen LogP contribution in [0.1, 0.15) is 23.2 Å². The fraction of sp³-hybridized carbons (Fsp3) is 0.364. The summed E-state index contributed by atoms with van der Waals surface area (Å²) in [5.41, 5.74) is 5.52. The molecule has 0 saturated carbocycles. The van der Waals surface area contributed by atoms with Crippen molar-refractivity contribution in [1.82, 2.24) is 15.6 Å². The zero-order chi connectivity index (χ0) is 13.1. The number of pyridine rings is 1. The highest BCUT2D eigenvalue weighted by Gasteiger charge is 2.21. The van der Waals surface area contributed by atoms with Gasteiger partial charge in [0.2, 0.25) is 5.91 Å². The van der Waals surface area contributed by atoms with Gasteiger partial charge in [0.15, 0.2) is 0 Å². The first-order chi connectivity index (χ1) is 8.56. The molecule has 1 fully saturated rings. The van der Waals surface area contributed by atoms with E-state index in [1.54, 1.807) is 0 Å². The number of nitrogens with one attached hydrogen (secondary N) is 2. The number of nitrogens with two attached hydrogens (primary N) is 1. The molecule has 1 aliphatic rings. The van der Waals surface area contributed by atoms with Gasteiger partial charge in [0.1, 0.15) is 11.6 Å². The Balaban J connectivity index is 2.03. The molecule has 0 aliphatic carbocycles. The van der Waals surface area contributed by atoms with Crippen molar-refractivity contribution >= 4 is 17.6 Å². The fourth-order valence-electron chi connectivity index (χ4n) is 1.75. The number of rotatable bonds is 2. The van der Waals surface area contributed by atoms with Crippen molar-refractivity contribution in [3.05, 3.63) is 23.6 Å². The molecule has 1 aromatic rings. The van der Waals surface area contributed by atoms with Gasteiger partial charge in [-0.3, -0.25) is 9.59 Å². The van der Waals surface area contributed by atoms with Gasteiger partial charge in [-0.2, -0.15) is 0 Å². The lowest BCUT2D eigenvalue weighted by atomic mass is 10.1. The Labute approximate surface area is 103 Å². The number of carbonyl (C=O) groups is 2. The van der Waals surface area contributed by atoms with E-state index in [2.05, 4.69) is 15.6 Å². The van der Waals surface area contributed by atoms with Crippen LogP contribution in [-0.2, 0) is 4.79 Å². The van der Waals surface area contributed by atoms with Crippen molar-refractivity contribution in [2.75, 3.05) is 12.3 Å². The fourth-order valence-corrected chi connectivity index (χ4v) is 1.75. The molecule has 4 N–H and O–H groups in total. The minimum atomic E-state index is -0.619. The Bertz CT molecular complexity index is 482. The highest BCUT2D eigenvalue weighted by atomic mass is 19.1. The molecule has 1 aromatic heterocycles. The smallest absolute Gasteiger partial charge is 0.255 e. The number of halogens is 1. The molecule has 18 heavy (non-hydrogen) atoms. The molecule has 1 aliphatic heterocycles. The number of hydrogen-bond acceptors (Lipinski definition) is 4. The molecule has 1 unspecified atom stereocenters. The number of aromatic nitrogens is 1. The number of nitrogens with zero attached hydrogens (tertiary/aromatic N) is 1. The average molecular weight is 252 g/mol. The van der Waals surface area contributed by atoms with Gasteiger partial charge in [0.05, 0.1) is 11.8 Å². The number of nitrogen functional groups attached to an aromatic ring is 1. The molecule has 6 nitrogen and oxygen atoms in total. The van der Waals surface area contributed by atoms with Gasteiger partial charge >= 0.3 is 0 Å². The van der Waals surface area contributed by atoms with E-state index in [9.17, 15) is 14.0 Å². The first kappa shape index (κ1) is 12.3. The van der Waals surface area contributed by atoms with Gasteiger partial charge in [0.25, 0.3) is 5.91 Å². The summed E-state index contributed by atoms with van der Waals surface area (Å²) in [7, 11) is 0. The highest BCUT2D eigenvalue weighted by Crippen LogP contribution is 2.11. The molecule has 2 heterocycles. The summed E-state index contributed by atoms with van der Waals surface area (Å²) in [5.74, 6) is -1.16. The third kappa shape index (κ3) is 2.73. The van der Waals surface area contributed by atoms with Crippen LogP contribution in [0.3, 0.4) is 0 Å². The number of anilines is 1. The molecule has 0 bridgehead atoms. The third-order valence-corrected chi connectivity index (χ3v) is 2.73. The topological polar surface area (TPSA) is 97.1 Å². The molecule has 7 heteroatoms. The Morgan fingerprint density at radius 3 is 3.06 bits per heavy atom. The van der Waals surface area contributed by atoms with Crippen molar-refractivity contribution in [3.8, 4) is 0 Å². The molecule has 0 aromatic carbocycles. The molecule has 96 valence electrons. The summed E-state index contributed by atoms with van der Waals surface area (Å²) in [5, 5.41) is 5.32. The van der Waals surface area contributed by atoms with Gasteiger partial charge in [0, 0.05) is 19.0 Å². The second-order valence-corrected chi connectivity index (χ2v) is 4.10. The number of hydrogen-bond donors (Lipinski definition) is 3. The first-order valence-corrected chi connectivity index (χ1v) is 5.55. The Morgan fingerprint density at radius 1 is 1.61 bits per heavy atom. The number of carbonyl (C=O) groups excluding carboxylic acids is 2. The monoisotopic (exact) mass is 252 g/mol. The highest BCUT2D eigenvalue weighted by molar-refractivity contribution is 5.98. The molecular weight excluding hydrogens is 239 g/mol. The zero-order valence-electron chi connectivity index (χ0n) is 9.57. The van der Waals surface area contributed by atoms with Crippen LogP contribution < -0.4 is 16.4 Å². The standard InChI is InChI=1S/C11H13FN4O2/c12-6-3-8(10(13)15-4-6)11(18)16-7-1-2-9(17)14-5-7/h3-4,7H,1-2,5H2,(H2,13,15)(H,14,17)(H,16,18). The quantitative estimate of drug-likeness (QED) is 0.679. The maximum absolute atomic E-state index is 13.0. The maximum Gasteiger partial charge on any atom is 0.255 e. The second kappa shape index (κ2) is 4.99. The van der Waals surface area contributed by atoms with E-state index < -0.39 is 11.7 Å². The maximum atomic E-state index is 13.0. The van der Waals surface area contributed by atoms with Crippen LogP contribution in [0.15, 0.2) is 12.3 Å². The van der Waals surface area contributed by atoms with Crippen molar-refractivity contribution in [1.29, 1.82) is 0 Å². The Hall–Kier alpha value is -2.18. The van der Waals surface area contributed by atoms with Crippen LogP contribution in [-0.4, -0.2) is 29.4 Å². The second-order valence-electron chi connectivity index (χ2n) is 4.10. The van der Waals surface area contributed by atoms with Gasteiger partial charge < -0.3 is 16.4 Å². The van der Waals surface area contributed by atoms with E-state index in [1.807, 2.05) is 0 Å². The molecule has 1 atom stereocenters. The van der Waals surface area contributed by atoms with Crippen LogP contribution in [0.5, 0.6) is 0 Å². The molecule has 1 saturated heterocycles. The Kier molecular flexibility index (Phi) is 3.40. The van der Waals surface area contributed by atoms with Crippen LogP contribution in [0.2, 0.25) is 0 Å². The minimum Gasteiger partial charge on any atom is -0.383 e. The summed E-state index contributed by atoms with van der Waals surface area (Å²) in [6, 6.07) is 0.872. The zero-order valence-corrected chi connectivity index (χ0v) is 9.57. The van der Waals surface area contributed by atoms with Crippen molar-refractivity contribution in [2.45, 2.75) is 18.9 Å². The van der Waals surface area contributed by atoms with Gasteiger partial charge in [-0.05, 0) is 12.5 Å². The van der Waals surface area contributed by atoms with E-state index in [0.717, 1.165) is 12.3 Å². The lowest BCUT2D eigenvalue weighted by Crippen LogP contribution is -2.47. The largest absolute Gasteiger partial charge is 0.383 e. The Morgan fingerprint density at radius 2 is 2.39 bits per heavy atom.